The van der Waals surface area contributed by atoms with Crippen molar-refractivity contribution in [1.29, 1.82) is 0 Å². The number of hydrogen-bond acceptors (Lipinski definition) is 3. The highest BCUT2D eigenvalue weighted by atomic mass is 16.6. The molecule has 0 aliphatic carbocycles. The van der Waals surface area contributed by atoms with E-state index in [-0.39, 0.29) is 0 Å². The van der Waals surface area contributed by atoms with Crippen LogP contribution in [0.15, 0.2) is 24.3 Å². The van der Waals surface area contributed by atoms with Crippen LogP contribution in [0.1, 0.15) is 11.1 Å². The zero-order chi connectivity index (χ0) is 10.4. The summed E-state index contributed by atoms with van der Waals surface area (Å²) in [4.78, 5) is 4.43. The van der Waals surface area contributed by atoms with Crippen molar-refractivity contribution in [2.45, 2.75) is 6.92 Å². The highest BCUT2D eigenvalue weighted by Crippen LogP contribution is 2.18. The molecule has 1 aromatic carbocycles. The molecule has 1 rings (SSSR count). The molecule has 0 aliphatic heterocycles. The van der Waals surface area contributed by atoms with Crippen LogP contribution in [0, 0.1) is 6.92 Å². The first-order valence-electron chi connectivity index (χ1n) is 4.41. The van der Waals surface area contributed by atoms with Crippen LogP contribution < -0.4 is 10.6 Å². The number of ether oxygens (including phenoxy) is 1. The van der Waals surface area contributed by atoms with E-state index in [1.165, 1.54) is 0 Å². The summed E-state index contributed by atoms with van der Waals surface area (Å²) in [5, 5.41) is 0. The molecule has 0 spiro atoms. The SMILES string of the molecule is COc1ccc(/C=C/CON)cc1C. The van der Waals surface area contributed by atoms with E-state index < -0.39 is 0 Å². The summed E-state index contributed by atoms with van der Waals surface area (Å²) in [6.07, 6.45) is 3.82. The number of rotatable bonds is 4. The van der Waals surface area contributed by atoms with Crippen LogP contribution in [0.4, 0.5) is 0 Å². The minimum atomic E-state index is 0.422. The third-order valence-corrected chi connectivity index (χ3v) is 1.92. The molecule has 2 N–H and O–H groups in total. The van der Waals surface area contributed by atoms with Gasteiger partial charge in [-0.15, -0.1) is 0 Å². The molecular formula is C11H15NO2. The molecule has 0 atom stereocenters. The van der Waals surface area contributed by atoms with Crippen molar-refractivity contribution < 1.29 is 9.57 Å². The summed E-state index contributed by atoms with van der Waals surface area (Å²) >= 11 is 0. The maximum Gasteiger partial charge on any atom is 0.121 e. The normalized spacial score (nSPS) is 10.8. The van der Waals surface area contributed by atoms with Gasteiger partial charge in [0.25, 0.3) is 0 Å². The van der Waals surface area contributed by atoms with E-state index in [2.05, 4.69) is 4.84 Å². The second-order valence-electron chi connectivity index (χ2n) is 2.96. The molecular weight excluding hydrogens is 178 g/mol. The van der Waals surface area contributed by atoms with Crippen LogP contribution in [0.25, 0.3) is 6.08 Å². The Kier molecular flexibility index (Phi) is 4.16. The van der Waals surface area contributed by atoms with E-state index >= 15 is 0 Å². The molecule has 0 heterocycles. The van der Waals surface area contributed by atoms with Crippen LogP contribution in [-0.4, -0.2) is 13.7 Å². The van der Waals surface area contributed by atoms with E-state index in [0.717, 1.165) is 16.9 Å². The average Bonchev–Trinajstić information content (AvgIpc) is 2.18. The number of methoxy groups -OCH3 is 1. The average molecular weight is 193 g/mol. The van der Waals surface area contributed by atoms with Crippen molar-refractivity contribution in [3.63, 3.8) is 0 Å². The third-order valence-electron chi connectivity index (χ3n) is 1.92. The summed E-state index contributed by atoms with van der Waals surface area (Å²) in [7, 11) is 1.67. The van der Waals surface area contributed by atoms with Gasteiger partial charge in [0.05, 0.1) is 13.7 Å². The van der Waals surface area contributed by atoms with Gasteiger partial charge in [-0.1, -0.05) is 18.2 Å². The van der Waals surface area contributed by atoms with Crippen LogP contribution >= 0.6 is 0 Å². The van der Waals surface area contributed by atoms with Gasteiger partial charge in [0.15, 0.2) is 0 Å². The molecule has 0 saturated heterocycles. The largest absolute Gasteiger partial charge is 0.496 e. The lowest BCUT2D eigenvalue weighted by Crippen LogP contribution is -1.96. The van der Waals surface area contributed by atoms with Gasteiger partial charge < -0.3 is 9.57 Å². The fraction of sp³-hybridized carbons (Fsp3) is 0.273. The third kappa shape index (κ3) is 2.87. The predicted molar refractivity (Wildman–Crippen MR) is 56.9 cm³/mol. The molecule has 0 radical (unpaired) electrons. The Morgan fingerprint density at radius 2 is 2.21 bits per heavy atom. The lowest BCUT2D eigenvalue weighted by atomic mass is 10.1. The minimum absolute atomic E-state index is 0.422. The number of hydrogen-bond donors (Lipinski definition) is 1. The van der Waals surface area contributed by atoms with E-state index in [9.17, 15) is 0 Å². The van der Waals surface area contributed by atoms with Gasteiger partial charge in [-0.2, -0.15) is 0 Å². The van der Waals surface area contributed by atoms with E-state index in [4.69, 9.17) is 10.6 Å². The molecule has 0 saturated carbocycles. The molecule has 0 fully saturated rings. The molecule has 0 unspecified atom stereocenters. The molecule has 0 bridgehead atoms. The summed E-state index contributed by atoms with van der Waals surface area (Å²) < 4.78 is 5.16. The summed E-state index contributed by atoms with van der Waals surface area (Å²) in [6.45, 7) is 2.43. The summed E-state index contributed by atoms with van der Waals surface area (Å²) in [6, 6.07) is 5.98. The fourth-order valence-corrected chi connectivity index (χ4v) is 1.25. The number of aryl methyl sites for hydroxylation is 1. The Hall–Kier alpha value is -1.32. The zero-order valence-electron chi connectivity index (χ0n) is 8.49. The van der Waals surface area contributed by atoms with Gasteiger partial charge in [0.2, 0.25) is 0 Å². The molecule has 3 nitrogen and oxygen atoms in total. The van der Waals surface area contributed by atoms with Crippen molar-refractivity contribution >= 4 is 6.08 Å². The first-order chi connectivity index (χ1) is 6.77. The summed E-state index contributed by atoms with van der Waals surface area (Å²) in [5.74, 6) is 5.80. The second kappa shape index (κ2) is 5.42. The van der Waals surface area contributed by atoms with Crippen molar-refractivity contribution in [3.8, 4) is 5.75 Å². The van der Waals surface area contributed by atoms with Gasteiger partial charge >= 0.3 is 0 Å². The fourth-order valence-electron chi connectivity index (χ4n) is 1.25. The van der Waals surface area contributed by atoms with Gasteiger partial charge in [0.1, 0.15) is 5.75 Å². The van der Waals surface area contributed by atoms with Crippen LogP contribution in [-0.2, 0) is 4.84 Å². The standard InChI is InChI=1S/C11H15NO2/c1-9-8-10(4-3-7-14-12)5-6-11(9)13-2/h3-6,8H,7,12H2,1-2H3/b4-3+. The summed E-state index contributed by atoms with van der Waals surface area (Å²) in [5.41, 5.74) is 2.23. The lowest BCUT2D eigenvalue weighted by molar-refractivity contribution is 0.168. The Balaban J connectivity index is 2.76. The van der Waals surface area contributed by atoms with Crippen molar-refractivity contribution in [3.05, 3.63) is 35.4 Å². The van der Waals surface area contributed by atoms with Gasteiger partial charge in [-0.25, -0.2) is 5.90 Å². The van der Waals surface area contributed by atoms with Crippen molar-refractivity contribution in [2.24, 2.45) is 5.90 Å². The van der Waals surface area contributed by atoms with Gasteiger partial charge in [-0.05, 0) is 30.2 Å². The van der Waals surface area contributed by atoms with Gasteiger partial charge in [0, 0.05) is 0 Å². The molecule has 14 heavy (non-hydrogen) atoms. The number of benzene rings is 1. The first-order valence-corrected chi connectivity index (χ1v) is 4.41. The highest BCUT2D eigenvalue weighted by Gasteiger charge is 1.96. The Morgan fingerprint density at radius 1 is 1.43 bits per heavy atom. The molecule has 0 aromatic heterocycles. The van der Waals surface area contributed by atoms with Crippen molar-refractivity contribution in [2.75, 3.05) is 13.7 Å². The molecule has 0 amide bonds. The van der Waals surface area contributed by atoms with Crippen LogP contribution in [0.5, 0.6) is 5.75 Å². The Bertz CT molecular complexity index is 321. The van der Waals surface area contributed by atoms with Crippen LogP contribution in [0.2, 0.25) is 0 Å². The molecule has 1 aromatic rings. The monoisotopic (exact) mass is 193 g/mol. The van der Waals surface area contributed by atoms with E-state index in [1.807, 2.05) is 37.3 Å². The van der Waals surface area contributed by atoms with Crippen molar-refractivity contribution in [1.82, 2.24) is 0 Å². The second-order valence-corrected chi connectivity index (χ2v) is 2.96. The quantitative estimate of drug-likeness (QED) is 0.743. The maximum absolute atomic E-state index is 5.16. The Morgan fingerprint density at radius 3 is 2.79 bits per heavy atom. The van der Waals surface area contributed by atoms with E-state index in [0.29, 0.717) is 6.61 Å². The lowest BCUT2D eigenvalue weighted by Gasteiger charge is -2.04. The minimum Gasteiger partial charge on any atom is -0.496 e. The number of nitrogens with two attached hydrogens (primary N) is 1. The van der Waals surface area contributed by atoms with Gasteiger partial charge in [-0.3, -0.25) is 0 Å². The predicted octanol–water partition coefficient (Wildman–Crippen LogP) is 1.91. The molecule has 0 aliphatic rings. The Labute approximate surface area is 84.1 Å². The molecule has 3 heteroatoms. The van der Waals surface area contributed by atoms with Crippen LogP contribution in [0.3, 0.4) is 0 Å². The topological polar surface area (TPSA) is 44.5 Å². The maximum atomic E-state index is 5.16. The first kappa shape index (κ1) is 10.8. The smallest absolute Gasteiger partial charge is 0.121 e. The zero-order valence-corrected chi connectivity index (χ0v) is 8.49. The van der Waals surface area contributed by atoms with E-state index in [1.54, 1.807) is 7.11 Å². The highest BCUT2D eigenvalue weighted by molar-refractivity contribution is 5.53. The molecule has 76 valence electrons.